The summed E-state index contributed by atoms with van der Waals surface area (Å²) in [5.41, 5.74) is 2.07. The Balaban J connectivity index is 1.85. The SMILES string of the molecule is COc1ccc(NC(=O)c2ccc(C(C)(C)C)cc2)cc1S(=O)(=O)N1CCCCC1. The molecule has 1 aliphatic rings. The van der Waals surface area contributed by atoms with E-state index in [1.807, 2.05) is 12.1 Å². The second kappa shape index (κ2) is 8.78. The van der Waals surface area contributed by atoms with Crippen molar-refractivity contribution in [1.29, 1.82) is 0 Å². The van der Waals surface area contributed by atoms with E-state index in [0.29, 0.717) is 24.3 Å². The number of sulfonamides is 1. The number of carbonyl (C=O) groups excluding carboxylic acids is 1. The van der Waals surface area contributed by atoms with Crippen LogP contribution in [0.25, 0.3) is 0 Å². The number of carbonyl (C=O) groups is 1. The van der Waals surface area contributed by atoms with Crippen LogP contribution in [0, 0.1) is 0 Å². The number of nitrogens with one attached hydrogen (secondary N) is 1. The molecule has 1 N–H and O–H groups in total. The normalized spacial score (nSPS) is 15.6. The second-order valence-electron chi connectivity index (χ2n) is 8.61. The van der Waals surface area contributed by atoms with Crippen LogP contribution in [0.5, 0.6) is 5.75 Å². The van der Waals surface area contributed by atoms with E-state index in [0.717, 1.165) is 24.8 Å². The number of amides is 1. The third-order valence-electron chi connectivity index (χ3n) is 5.37. The molecule has 0 bridgehead atoms. The fourth-order valence-corrected chi connectivity index (χ4v) is 5.22. The molecule has 0 radical (unpaired) electrons. The van der Waals surface area contributed by atoms with Crippen molar-refractivity contribution in [2.45, 2.75) is 50.3 Å². The predicted molar refractivity (Wildman–Crippen MR) is 119 cm³/mol. The molecule has 3 rings (SSSR count). The summed E-state index contributed by atoms with van der Waals surface area (Å²) in [5, 5.41) is 2.81. The lowest BCUT2D eigenvalue weighted by Gasteiger charge is -2.26. The average molecular weight is 431 g/mol. The zero-order chi connectivity index (χ0) is 21.9. The monoisotopic (exact) mass is 430 g/mol. The van der Waals surface area contributed by atoms with E-state index in [9.17, 15) is 13.2 Å². The number of piperidine rings is 1. The summed E-state index contributed by atoms with van der Waals surface area (Å²) in [5.74, 6) is -0.0185. The summed E-state index contributed by atoms with van der Waals surface area (Å²) in [6.07, 6.45) is 2.73. The third kappa shape index (κ3) is 4.84. The lowest BCUT2D eigenvalue weighted by molar-refractivity contribution is 0.102. The average Bonchev–Trinajstić information content (AvgIpc) is 2.73. The van der Waals surface area contributed by atoms with Gasteiger partial charge < -0.3 is 10.1 Å². The Morgan fingerprint density at radius 3 is 2.20 bits per heavy atom. The van der Waals surface area contributed by atoms with Gasteiger partial charge in [0.05, 0.1) is 7.11 Å². The first kappa shape index (κ1) is 22.3. The molecule has 0 atom stereocenters. The summed E-state index contributed by atoms with van der Waals surface area (Å²) < 4.78 is 33.1. The Bertz CT molecular complexity index is 1000. The lowest BCUT2D eigenvalue weighted by Crippen LogP contribution is -2.35. The van der Waals surface area contributed by atoms with Crippen LogP contribution < -0.4 is 10.1 Å². The second-order valence-corrected chi connectivity index (χ2v) is 10.5. The standard InChI is InChI=1S/C23H30N2O4S/c1-23(2,3)18-10-8-17(9-11-18)22(26)24-19-12-13-20(29-4)21(16-19)30(27,28)25-14-6-5-7-15-25/h8-13,16H,5-7,14-15H2,1-4H3,(H,24,26). The molecule has 2 aromatic carbocycles. The number of methoxy groups -OCH3 is 1. The van der Waals surface area contributed by atoms with Crippen molar-refractivity contribution in [3.63, 3.8) is 0 Å². The van der Waals surface area contributed by atoms with E-state index in [4.69, 9.17) is 4.74 Å². The number of ether oxygens (including phenoxy) is 1. The maximum absolute atomic E-state index is 13.1. The first-order valence-corrected chi connectivity index (χ1v) is 11.7. The van der Waals surface area contributed by atoms with Gasteiger partial charge in [-0.25, -0.2) is 8.42 Å². The molecule has 1 fully saturated rings. The zero-order valence-corrected chi connectivity index (χ0v) is 18.9. The molecule has 0 unspecified atom stereocenters. The summed E-state index contributed by atoms with van der Waals surface area (Å²) >= 11 is 0. The van der Waals surface area contributed by atoms with E-state index in [2.05, 4.69) is 26.1 Å². The van der Waals surface area contributed by atoms with Crippen LogP contribution in [-0.4, -0.2) is 38.8 Å². The summed E-state index contributed by atoms with van der Waals surface area (Å²) in [4.78, 5) is 12.8. The van der Waals surface area contributed by atoms with E-state index < -0.39 is 10.0 Å². The minimum Gasteiger partial charge on any atom is -0.495 e. The van der Waals surface area contributed by atoms with Crippen molar-refractivity contribution < 1.29 is 17.9 Å². The zero-order valence-electron chi connectivity index (χ0n) is 18.1. The van der Waals surface area contributed by atoms with Gasteiger partial charge in [-0.05, 0) is 54.2 Å². The number of hydrogen-bond donors (Lipinski definition) is 1. The van der Waals surface area contributed by atoms with Gasteiger partial charge in [-0.15, -0.1) is 0 Å². The molecule has 1 heterocycles. The van der Waals surface area contributed by atoms with Crippen molar-refractivity contribution in [2.24, 2.45) is 0 Å². The molecule has 1 aliphatic heterocycles. The predicted octanol–water partition coefficient (Wildman–Crippen LogP) is 4.42. The molecular weight excluding hydrogens is 400 g/mol. The van der Waals surface area contributed by atoms with Crippen LogP contribution >= 0.6 is 0 Å². The molecule has 6 nitrogen and oxygen atoms in total. The molecule has 1 amide bonds. The largest absolute Gasteiger partial charge is 0.495 e. The highest BCUT2D eigenvalue weighted by Gasteiger charge is 2.29. The number of rotatable bonds is 5. The molecule has 0 aliphatic carbocycles. The Morgan fingerprint density at radius 2 is 1.63 bits per heavy atom. The molecule has 0 saturated carbocycles. The van der Waals surface area contributed by atoms with Crippen molar-refractivity contribution in [3.8, 4) is 5.75 Å². The van der Waals surface area contributed by atoms with Crippen LogP contribution in [-0.2, 0) is 15.4 Å². The Kier molecular flexibility index (Phi) is 6.53. The van der Waals surface area contributed by atoms with Gasteiger partial charge in [0.2, 0.25) is 10.0 Å². The molecule has 30 heavy (non-hydrogen) atoms. The van der Waals surface area contributed by atoms with Crippen LogP contribution in [0.3, 0.4) is 0 Å². The summed E-state index contributed by atoms with van der Waals surface area (Å²) in [7, 11) is -2.25. The fourth-order valence-electron chi connectivity index (χ4n) is 3.53. The highest BCUT2D eigenvalue weighted by Crippen LogP contribution is 2.31. The van der Waals surface area contributed by atoms with Crippen molar-refractivity contribution in [3.05, 3.63) is 53.6 Å². The minimum absolute atomic E-state index is 0.00268. The van der Waals surface area contributed by atoms with E-state index >= 15 is 0 Å². The van der Waals surface area contributed by atoms with Gasteiger partial charge in [-0.1, -0.05) is 39.3 Å². The number of anilines is 1. The summed E-state index contributed by atoms with van der Waals surface area (Å²) in [6.45, 7) is 7.35. The Hall–Kier alpha value is -2.38. The summed E-state index contributed by atoms with van der Waals surface area (Å²) in [6, 6.07) is 12.1. The molecule has 2 aromatic rings. The fraction of sp³-hybridized carbons (Fsp3) is 0.435. The first-order valence-electron chi connectivity index (χ1n) is 10.2. The van der Waals surface area contributed by atoms with Gasteiger partial charge in [0.25, 0.3) is 5.91 Å². The first-order chi connectivity index (χ1) is 14.1. The lowest BCUT2D eigenvalue weighted by atomic mass is 9.87. The van der Waals surface area contributed by atoms with Gasteiger partial charge in [-0.3, -0.25) is 4.79 Å². The van der Waals surface area contributed by atoms with Crippen molar-refractivity contribution in [2.75, 3.05) is 25.5 Å². The van der Waals surface area contributed by atoms with Crippen molar-refractivity contribution in [1.82, 2.24) is 4.31 Å². The van der Waals surface area contributed by atoms with E-state index in [-0.39, 0.29) is 22.0 Å². The smallest absolute Gasteiger partial charge is 0.255 e. The van der Waals surface area contributed by atoms with Crippen LogP contribution in [0.4, 0.5) is 5.69 Å². The number of benzene rings is 2. The van der Waals surface area contributed by atoms with Crippen LogP contribution in [0.1, 0.15) is 56.0 Å². The van der Waals surface area contributed by atoms with Crippen LogP contribution in [0.15, 0.2) is 47.4 Å². The van der Waals surface area contributed by atoms with Crippen LogP contribution in [0.2, 0.25) is 0 Å². The Morgan fingerprint density at radius 1 is 1.00 bits per heavy atom. The number of nitrogens with zero attached hydrogens (tertiary/aromatic N) is 1. The highest BCUT2D eigenvalue weighted by atomic mass is 32.2. The Labute approximate surface area is 179 Å². The minimum atomic E-state index is -3.69. The highest BCUT2D eigenvalue weighted by molar-refractivity contribution is 7.89. The molecule has 0 aromatic heterocycles. The van der Waals surface area contributed by atoms with Crippen molar-refractivity contribution >= 4 is 21.6 Å². The van der Waals surface area contributed by atoms with Gasteiger partial charge in [-0.2, -0.15) is 4.31 Å². The molecule has 7 heteroatoms. The molecule has 162 valence electrons. The third-order valence-corrected chi connectivity index (χ3v) is 7.29. The van der Waals surface area contributed by atoms with E-state index in [1.54, 1.807) is 24.3 Å². The van der Waals surface area contributed by atoms with Gasteiger partial charge in [0, 0.05) is 24.3 Å². The molecule has 1 saturated heterocycles. The van der Waals surface area contributed by atoms with Gasteiger partial charge in [0.15, 0.2) is 0 Å². The topological polar surface area (TPSA) is 75.7 Å². The number of hydrogen-bond acceptors (Lipinski definition) is 4. The maximum atomic E-state index is 13.1. The van der Waals surface area contributed by atoms with Gasteiger partial charge >= 0.3 is 0 Å². The quantitative estimate of drug-likeness (QED) is 0.762. The molecule has 0 spiro atoms. The van der Waals surface area contributed by atoms with E-state index in [1.165, 1.54) is 17.5 Å². The maximum Gasteiger partial charge on any atom is 0.255 e. The molecular formula is C23H30N2O4S. The van der Waals surface area contributed by atoms with Gasteiger partial charge in [0.1, 0.15) is 10.6 Å².